The van der Waals surface area contributed by atoms with Crippen LogP contribution in [0.1, 0.15) is 18.4 Å². The molecule has 0 saturated heterocycles. The Morgan fingerprint density at radius 1 is 1.40 bits per heavy atom. The van der Waals surface area contributed by atoms with Crippen molar-refractivity contribution in [1.29, 1.82) is 0 Å². The number of hydrogen-bond donors (Lipinski definition) is 1. The molecule has 1 N–H and O–H groups in total. The summed E-state index contributed by atoms with van der Waals surface area (Å²) >= 11 is 0. The van der Waals surface area contributed by atoms with Crippen LogP contribution in [0.5, 0.6) is 0 Å². The monoisotopic (exact) mass is 350 g/mol. The van der Waals surface area contributed by atoms with Crippen LogP contribution in [0.15, 0.2) is 18.5 Å². The smallest absolute Gasteiger partial charge is 0.480 e. The zero-order chi connectivity index (χ0) is 13.3. The summed E-state index contributed by atoms with van der Waals surface area (Å²) in [7, 11) is 0. The molecule has 2 rings (SSSR count). The van der Waals surface area contributed by atoms with Crippen molar-refractivity contribution >= 4 is 17.6 Å². The molecule has 1 aliphatic heterocycles. The number of carbonyl (C=O) groups excluding carboxylic acids is 1. The van der Waals surface area contributed by atoms with Crippen molar-refractivity contribution in [2.45, 2.75) is 18.3 Å². The number of fused-ring (bicyclic) bond motifs is 1. The summed E-state index contributed by atoms with van der Waals surface area (Å²) in [5, 5.41) is 8.89. The molecule has 0 atom stereocenters. The molecule has 0 aliphatic carbocycles. The SMILES string of the molecule is [CH2-]CC1(C[CH2-])C(=O)N(CC(=O)O)c2cnccc21.[CH3-].[Y+3]. The van der Waals surface area contributed by atoms with Gasteiger partial charge in [-0.1, -0.05) is 0 Å². The molecule has 1 amide bonds. The van der Waals surface area contributed by atoms with E-state index >= 15 is 0 Å². The normalized spacial score (nSPS) is 15.1. The van der Waals surface area contributed by atoms with E-state index in [0.29, 0.717) is 18.5 Å². The number of carboxylic acids is 1. The van der Waals surface area contributed by atoms with Gasteiger partial charge in [-0.25, -0.2) is 0 Å². The van der Waals surface area contributed by atoms with Crippen molar-refractivity contribution in [3.63, 3.8) is 0 Å². The first kappa shape index (κ1) is 19.2. The molecule has 1 aromatic rings. The van der Waals surface area contributed by atoms with Gasteiger partial charge >= 0.3 is 38.7 Å². The summed E-state index contributed by atoms with van der Waals surface area (Å²) in [6, 6.07) is 1.74. The van der Waals surface area contributed by atoms with Crippen LogP contribution in [-0.4, -0.2) is 28.5 Å². The number of anilines is 1. The Bertz CT molecular complexity index is 501. The van der Waals surface area contributed by atoms with Gasteiger partial charge in [0, 0.05) is 11.6 Å². The minimum Gasteiger partial charge on any atom is -0.480 e. The standard InChI is InChI=1S/C13H14N2O3.CH3.Y/c1-3-13(4-2)9-5-6-14-7-10(9)15(12(13)18)8-11(16)17;;/h5-7H,1-4,8H2,(H,16,17);1H3;/q-2;-1;+3. The Morgan fingerprint density at radius 2 is 2.00 bits per heavy atom. The predicted octanol–water partition coefficient (Wildman–Crippen LogP) is 1.65. The Hall–Kier alpha value is -0.806. The van der Waals surface area contributed by atoms with E-state index in [4.69, 9.17) is 5.11 Å². The third-order valence-corrected chi connectivity index (χ3v) is 3.41. The molecule has 0 bridgehead atoms. The molecule has 5 nitrogen and oxygen atoms in total. The molecule has 0 spiro atoms. The summed E-state index contributed by atoms with van der Waals surface area (Å²) in [5.41, 5.74) is 0.513. The number of hydrogen-bond acceptors (Lipinski definition) is 3. The summed E-state index contributed by atoms with van der Waals surface area (Å²) in [6.07, 6.45) is 3.81. The van der Waals surface area contributed by atoms with Crippen molar-refractivity contribution in [1.82, 2.24) is 4.98 Å². The van der Waals surface area contributed by atoms with Gasteiger partial charge in [-0.15, -0.1) is 0 Å². The van der Waals surface area contributed by atoms with Gasteiger partial charge in [-0.3, -0.25) is 19.5 Å². The molecule has 6 heteroatoms. The van der Waals surface area contributed by atoms with E-state index < -0.39 is 11.4 Å². The largest absolute Gasteiger partial charge is 3.00 e. The quantitative estimate of drug-likeness (QED) is 0.839. The number of aromatic nitrogens is 1. The van der Waals surface area contributed by atoms with E-state index in [9.17, 15) is 9.59 Å². The molecule has 0 aromatic carbocycles. The van der Waals surface area contributed by atoms with E-state index in [-0.39, 0.29) is 52.6 Å². The van der Waals surface area contributed by atoms with Gasteiger partial charge in [-0.05, 0) is 11.6 Å². The number of amides is 1. The van der Waals surface area contributed by atoms with E-state index in [1.807, 2.05) is 0 Å². The van der Waals surface area contributed by atoms with E-state index in [0.717, 1.165) is 5.56 Å². The zero-order valence-electron chi connectivity index (χ0n) is 11.5. The van der Waals surface area contributed by atoms with Crippen LogP contribution in [0.3, 0.4) is 0 Å². The Morgan fingerprint density at radius 3 is 2.50 bits per heavy atom. The maximum Gasteiger partial charge on any atom is 3.00 e. The molecule has 0 radical (unpaired) electrons. The fourth-order valence-corrected chi connectivity index (χ4v) is 2.39. The molecule has 1 aromatic heterocycles. The van der Waals surface area contributed by atoms with Gasteiger partial charge in [0.2, 0.25) is 5.91 Å². The van der Waals surface area contributed by atoms with E-state index in [1.54, 1.807) is 12.3 Å². The maximum absolute atomic E-state index is 12.4. The topological polar surface area (TPSA) is 70.5 Å². The fourth-order valence-electron chi connectivity index (χ4n) is 2.39. The predicted molar refractivity (Wildman–Crippen MR) is 72.3 cm³/mol. The number of rotatable bonds is 4. The minimum absolute atomic E-state index is 0. The molecular formula is C14H17N2O3Y. The average molecular weight is 350 g/mol. The first-order valence-corrected chi connectivity index (χ1v) is 5.63. The minimum atomic E-state index is -1.05. The molecule has 20 heavy (non-hydrogen) atoms. The second kappa shape index (κ2) is 7.27. The first-order valence-electron chi connectivity index (χ1n) is 5.63. The molecular weight excluding hydrogens is 333 g/mol. The van der Waals surface area contributed by atoms with Crippen molar-refractivity contribution in [2.24, 2.45) is 0 Å². The van der Waals surface area contributed by atoms with Crippen LogP contribution in [0.4, 0.5) is 5.69 Å². The Balaban J connectivity index is 0.00000180. The molecule has 0 fully saturated rings. The van der Waals surface area contributed by atoms with Crippen molar-refractivity contribution < 1.29 is 47.4 Å². The van der Waals surface area contributed by atoms with Gasteiger partial charge in [0.15, 0.2) is 0 Å². The van der Waals surface area contributed by atoms with Gasteiger partial charge in [-0.2, -0.15) is 12.8 Å². The number of carboxylic acid groups (broad SMARTS) is 1. The van der Waals surface area contributed by atoms with Crippen molar-refractivity contribution in [2.75, 3.05) is 11.4 Å². The molecule has 1 aliphatic rings. The van der Waals surface area contributed by atoms with Crippen LogP contribution in [0.2, 0.25) is 0 Å². The van der Waals surface area contributed by atoms with Crippen molar-refractivity contribution in [3.05, 3.63) is 45.3 Å². The second-order valence-electron chi connectivity index (χ2n) is 4.26. The maximum atomic E-state index is 12.4. The summed E-state index contributed by atoms with van der Waals surface area (Å²) in [4.78, 5) is 28.5. The number of nitrogens with zero attached hydrogens (tertiary/aromatic N) is 2. The molecule has 0 saturated carbocycles. The Kier molecular flexibility index (Phi) is 6.98. The number of carbonyl (C=O) groups is 2. The first-order chi connectivity index (χ1) is 8.56. The van der Waals surface area contributed by atoms with Gasteiger partial charge < -0.3 is 26.4 Å². The van der Waals surface area contributed by atoms with Crippen LogP contribution < -0.4 is 4.90 Å². The van der Waals surface area contributed by atoms with Crippen LogP contribution in [0.25, 0.3) is 0 Å². The van der Waals surface area contributed by atoms with Crippen molar-refractivity contribution in [3.8, 4) is 0 Å². The van der Waals surface area contributed by atoms with Crippen LogP contribution >= 0.6 is 0 Å². The Labute approximate surface area is 144 Å². The molecule has 104 valence electrons. The summed E-state index contributed by atoms with van der Waals surface area (Å²) in [6.45, 7) is 7.27. The van der Waals surface area contributed by atoms with Gasteiger partial charge in [0.1, 0.15) is 6.54 Å². The molecule has 2 heterocycles. The number of aliphatic carboxylic acids is 1. The van der Waals surface area contributed by atoms with E-state index in [2.05, 4.69) is 18.8 Å². The summed E-state index contributed by atoms with van der Waals surface area (Å²) in [5.74, 6) is -1.31. The third kappa shape index (κ3) is 2.79. The second-order valence-corrected chi connectivity index (χ2v) is 4.26. The average Bonchev–Trinajstić information content (AvgIpc) is 2.60. The van der Waals surface area contributed by atoms with E-state index in [1.165, 1.54) is 11.1 Å². The van der Waals surface area contributed by atoms with Crippen LogP contribution in [-0.2, 0) is 47.7 Å². The van der Waals surface area contributed by atoms with Gasteiger partial charge in [0.05, 0.1) is 11.9 Å². The zero-order valence-corrected chi connectivity index (χ0v) is 14.3. The van der Waals surface area contributed by atoms with Crippen LogP contribution in [0, 0.1) is 21.3 Å². The third-order valence-electron chi connectivity index (χ3n) is 3.41. The summed E-state index contributed by atoms with van der Waals surface area (Å²) < 4.78 is 0. The number of pyridine rings is 1. The van der Waals surface area contributed by atoms with Gasteiger partial charge in [0.25, 0.3) is 0 Å². The fraction of sp³-hybridized carbons (Fsp3) is 0.286. The molecule has 0 unspecified atom stereocenters.